The highest BCUT2D eigenvalue weighted by Crippen LogP contribution is 2.56. The summed E-state index contributed by atoms with van der Waals surface area (Å²) in [6, 6.07) is 14.0. The Hall–Kier alpha value is -2.68. The molecule has 2 fully saturated rings. The monoisotopic (exact) mass is 372 g/mol. The van der Waals surface area contributed by atoms with Crippen LogP contribution in [0.5, 0.6) is 5.75 Å². The largest absolute Gasteiger partial charge is 0.489 e. The molecule has 0 aliphatic heterocycles. The second-order valence-corrected chi connectivity index (χ2v) is 8.48. The van der Waals surface area contributed by atoms with Crippen molar-refractivity contribution in [1.29, 1.82) is 0 Å². The molecule has 3 aliphatic carbocycles. The number of rotatable bonds is 4. The van der Waals surface area contributed by atoms with Crippen LogP contribution >= 0.6 is 0 Å². The van der Waals surface area contributed by atoms with Gasteiger partial charge in [-0.25, -0.2) is 0 Å². The molecule has 0 aromatic heterocycles. The minimum atomic E-state index is -0.594. The maximum Gasteiger partial charge on any atom is 0.152 e. The van der Waals surface area contributed by atoms with E-state index in [-0.39, 0.29) is 35.2 Å². The Morgan fingerprint density at radius 2 is 1.46 bits per heavy atom. The van der Waals surface area contributed by atoms with E-state index in [1.165, 1.54) is 0 Å². The highest BCUT2D eigenvalue weighted by atomic mass is 16.5. The van der Waals surface area contributed by atoms with Crippen molar-refractivity contribution in [1.82, 2.24) is 0 Å². The van der Waals surface area contributed by atoms with Crippen molar-refractivity contribution in [2.24, 2.45) is 23.7 Å². The van der Waals surface area contributed by atoms with E-state index in [1.807, 2.05) is 56.3 Å². The van der Waals surface area contributed by atoms with Crippen molar-refractivity contribution < 1.29 is 14.3 Å². The zero-order chi connectivity index (χ0) is 19.4. The van der Waals surface area contributed by atoms with Gasteiger partial charge in [0.2, 0.25) is 0 Å². The smallest absolute Gasteiger partial charge is 0.152 e. The van der Waals surface area contributed by atoms with E-state index in [0.717, 1.165) is 34.4 Å². The second kappa shape index (κ2) is 6.44. The number of carbonyl (C=O) groups excluding carboxylic acids is 2. The lowest BCUT2D eigenvalue weighted by Crippen LogP contribution is -2.21. The fourth-order valence-electron chi connectivity index (χ4n) is 5.62. The third-order valence-electron chi connectivity index (χ3n) is 6.79. The molecule has 5 atom stereocenters. The van der Waals surface area contributed by atoms with Gasteiger partial charge in [0.1, 0.15) is 18.3 Å². The molecule has 2 aromatic rings. The van der Waals surface area contributed by atoms with Gasteiger partial charge in [-0.05, 0) is 66.5 Å². The summed E-state index contributed by atoms with van der Waals surface area (Å²) >= 11 is 0. The number of ketones is 2. The molecule has 142 valence electrons. The summed E-state index contributed by atoms with van der Waals surface area (Å²) in [5.74, 6) is 0.800. The predicted octanol–water partition coefficient (Wildman–Crippen LogP) is 4.56. The van der Waals surface area contributed by atoms with Gasteiger partial charge in [-0.1, -0.05) is 42.5 Å². The molecule has 0 spiro atoms. The molecule has 0 heterocycles. The minimum Gasteiger partial charge on any atom is -0.489 e. The first-order valence-electron chi connectivity index (χ1n) is 10.1. The van der Waals surface area contributed by atoms with Crippen LogP contribution in [-0.4, -0.2) is 11.6 Å². The van der Waals surface area contributed by atoms with Crippen LogP contribution in [-0.2, 0) is 16.2 Å². The third-order valence-corrected chi connectivity index (χ3v) is 6.79. The SMILES string of the molecule is Cc1cc(OCc2ccccc2)cc(C)c1C1C(=O)[C@@H]2[C@H](C1=O)[C@@H]1C=C[C@H]2C1. The van der Waals surface area contributed by atoms with Crippen LogP contribution in [0.25, 0.3) is 0 Å². The van der Waals surface area contributed by atoms with Gasteiger partial charge < -0.3 is 4.74 Å². The lowest BCUT2D eigenvalue weighted by atomic mass is 9.85. The molecule has 28 heavy (non-hydrogen) atoms. The molecule has 0 N–H and O–H groups in total. The molecular formula is C25H24O3. The summed E-state index contributed by atoms with van der Waals surface area (Å²) in [6.07, 6.45) is 5.28. The molecule has 5 rings (SSSR count). The van der Waals surface area contributed by atoms with Crippen LogP contribution in [0.15, 0.2) is 54.6 Å². The molecule has 3 nitrogen and oxygen atoms in total. The van der Waals surface area contributed by atoms with Crippen LogP contribution in [0.1, 0.15) is 34.6 Å². The van der Waals surface area contributed by atoms with E-state index in [0.29, 0.717) is 6.61 Å². The molecule has 0 saturated heterocycles. The van der Waals surface area contributed by atoms with E-state index in [4.69, 9.17) is 4.74 Å². The van der Waals surface area contributed by atoms with Crippen molar-refractivity contribution in [3.8, 4) is 5.75 Å². The Kier molecular flexibility index (Phi) is 4.01. The third kappa shape index (κ3) is 2.56. The number of allylic oxidation sites excluding steroid dienone is 2. The number of ether oxygens (including phenoxy) is 1. The van der Waals surface area contributed by atoms with Gasteiger partial charge in [0.15, 0.2) is 11.6 Å². The van der Waals surface area contributed by atoms with Gasteiger partial charge in [0.05, 0.1) is 0 Å². The van der Waals surface area contributed by atoms with Gasteiger partial charge in [-0.3, -0.25) is 9.59 Å². The molecule has 2 aromatic carbocycles. The van der Waals surface area contributed by atoms with E-state index in [9.17, 15) is 9.59 Å². The lowest BCUT2D eigenvalue weighted by molar-refractivity contribution is -0.125. The summed E-state index contributed by atoms with van der Waals surface area (Å²) in [5, 5.41) is 0. The standard InChI is InChI=1S/C25H24O3/c1-14-10-19(28-13-16-6-4-3-5-7-16)11-15(2)20(14)23-24(26)21-17-8-9-18(12-17)22(21)25(23)27/h3-11,17-18,21-23H,12-13H2,1-2H3/t17-,18+,21-,22+,23?. The molecule has 1 unspecified atom stereocenters. The highest BCUT2D eigenvalue weighted by Gasteiger charge is 2.60. The maximum atomic E-state index is 13.2. The van der Waals surface area contributed by atoms with Crippen molar-refractivity contribution in [3.05, 3.63) is 76.9 Å². The van der Waals surface area contributed by atoms with Crippen LogP contribution in [0.3, 0.4) is 0 Å². The Morgan fingerprint density at radius 3 is 2.04 bits per heavy atom. The molecule has 0 radical (unpaired) electrons. The number of carbonyl (C=O) groups is 2. The Labute approximate surface area is 165 Å². The molecule has 3 heteroatoms. The average molecular weight is 372 g/mol. The highest BCUT2D eigenvalue weighted by molar-refractivity contribution is 6.17. The lowest BCUT2D eigenvalue weighted by Gasteiger charge is -2.18. The molecule has 3 aliphatic rings. The first-order valence-corrected chi connectivity index (χ1v) is 10.1. The number of hydrogen-bond acceptors (Lipinski definition) is 3. The first kappa shape index (κ1) is 17.4. The number of benzene rings is 2. The van der Waals surface area contributed by atoms with E-state index < -0.39 is 5.92 Å². The van der Waals surface area contributed by atoms with Crippen LogP contribution in [0, 0.1) is 37.5 Å². The van der Waals surface area contributed by atoms with E-state index in [2.05, 4.69) is 12.2 Å². The summed E-state index contributed by atoms with van der Waals surface area (Å²) in [7, 11) is 0. The fourth-order valence-corrected chi connectivity index (χ4v) is 5.62. The van der Waals surface area contributed by atoms with E-state index >= 15 is 0 Å². The number of fused-ring (bicyclic) bond motifs is 5. The maximum absolute atomic E-state index is 13.2. The van der Waals surface area contributed by atoms with Gasteiger partial charge in [-0.15, -0.1) is 0 Å². The van der Waals surface area contributed by atoms with Gasteiger partial charge in [0, 0.05) is 11.8 Å². The fraction of sp³-hybridized carbons (Fsp3) is 0.360. The number of Topliss-reactive ketones (excluding diaryl/α,β-unsaturated/α-hetero) is 2. The van der Waals surface area contributed by atoms with Crippen molar-refractivity contribution >= 4 is 11.6 Å². The summed E-state index contributed by atoms with van der Waals surface area (Å²) in [4.78, 5) is 26.4. The van der Waals surface area contributed by atoms with Crippen molar-refractivity contribution in [2.75, 3.05) is 0 Å². The summed E-state index contributed by atoms with van der Waals surface area (Å²) in [5.41, 5.74) is 3.94. The first-order chi connectivity index (χ1) is 13.5. The normalized spacial score (nSPS) is 30.1. The Morgan fingerprint density at radius 1 is 0.893 bits per heavy atom. The molecule has 2 bridgehead atoms. The van der Waals surface area contributed by atoms with Gasteiger partial charge >= 0.3 is 0 Å². The quantitative estimate of drug-likeness (QED) is 0.584. The summed E-state index contributed by atoms with van der Waals surface area (Å²) in [6.45, 7) is 4.47. The van der Waals surface area contributed by atoms with Crippen molar-refractivity contribution in [3.63, 3.8) is 0 Å². The predicted molar refractivity (Wildman–Crippen MR) is 107 cm³/mol. The zero-order valence-electron chi connectivity index (χ0n) is 16.2. The molecular weight excluding hydrogens is 348 g/mol. The van der Waals surface area contributed by atoms with Crippen molar-refractivity contribution in [2.45, 2.75) is 32.8 Å². The zero-order valence-corrected chi connectivity index (χ0v) is 16.2. The number of hydrogen-bond donors (Lipinski definition) is 0. The summed E-state index contributed by atoms with van der Waals surface area (Å²) < 4.78 is 5.96. The Balaban J connectivity index is 1.42. The van der Waals surface area contributed by atoms with Crippen LogP contribution in [0.4, 0.5) is 0 Å². The minimum absolute atomic E-state index is 0.0969. The van der Waals surface area contributed by atoms with E-state index in [1.54, 1.807) is 0 Å². The Bertz CT molecular complexity index is 935. The molecule has 2 saturated carbocycles. The second-order valence-electron chi connectivity index (χ2n) is 8.48. The topological polar surface area (TPSA) is 43.4 Å². The average Bonchev–Trinajstić information content (AvgIpc) is 3.36. The van der Waals surface area contributed by atoms with Crippen LogP contribution < -0.4 is 4.74 Å². The number of aryl methyl sites for hydroxylation is 2. The van der Waals surface area contributed by atoms with Gasteiger partial charge in [-0.2, -0.15) is 0 Å². The molecule has 0 amide bonds. The van der Waals surface area contributed by atoms with Crippen LogP contribution in [0.2, 0.25) is 0 Å². The van der Waals surface area contributed by atoms with Gasteiger partial charge in [0.25, 0.3) is 0 Å².